The molecule has 0 saturated carbocycles. The van der Waals surface area contributed by atoms with Crippen LogP contribution in [-0.2, 0) is 10.0 Å². The maximum atomic E-state index is 12.0. The van der Waals surface area contributed by atoms with Gasteiger partial charge in [-0.05, 0) is 40.2 Å². The van der Waals surface area contributed by atoms with Crippen molar-refractivity contribution in [1.82, 2.24) is 19.2 Å². The van der Waals surface area contributed by atoms with E-state index in [1.165, 1.54) is 6.20 Å². The van der Waals surface area contributed by atoms with Gasteiger partial charge >= 0.3 is 0 Å². The van der Waals surface area contributed by atoms with E-state index in [0.717, 1.165) is 21.7 Å². The molecule has 0 fully saturated rings. The van der Waals surface area contributed by atoms with Crippen LogP contribution in [0.1, 0.15) is 12.0 Å². The van der Waals surface area contributed by atoms with Crippen molar-refractivity contribution in [3.8, 4) is 22.9 Å². The molecular formula is C23H21BrN4O4S. The van der Waals surface area contributed by atoms with Gasteiger partial charge in [-0.25, -0.2) is 13.4 Å². The minimum Gasteiger partial charge on any atom is -0.493 e. The van der Waals surface area contributed by atoms with Crippen LogP contribution in [0.2, 0.25) is 0 Å². The zero-order chi connectivity index (χ0) is 23.4. The molecule has 4 rings (SSSR count). The zero-order valence-corrected chi connectivity index (χ0v) is 20.2. The Morgan fingerprint density at radius 1 is 1.12 bits per heavy atom. The molecule has 1 aromatic carbocycles. The molecule has 0 amide bonds. The summed E-state index contributed by atoms with van der Waals surface area (Å²) in [5.74, 6) is 1.21. The number of aromatic nitrogens is 4. The van der Waals surface area contributed by atoms with Gasteiger partial charge < -0.3 is 9.47 Å². The summed E-state index contributed by atoms with van der Waals surface area (Å²) in [5.41, 5.74) is 2.61. The third kappa shape index (κ3) is 5.07. The van der Waals surface area contributed by atoms with Gasteiger partial charge in [0, 0.05) is 23.6 Å². The standard InChI is InChI=1S/C23H21BrN4O4S/c1-3-16-8-4-5-10-21(16)31-12-7-13-32-23-17(9-6-11-25-23)19-14-18-20(15-26-19)28(27-22(18)24)33(2,29)30/h3-6,8-11,14-15H,1,7,12-13H2,2H3. The summed E-state index contributed by atoms with van der Waals surface area (Å²) >= 11 is 3.33. The van der Waals surface area contributed by atoms with Crippen LogP contribution in [0, 0.1) is 0 Å². The van der Waals surface area contributed by atoms with Gasteiger partial charge in [0.15, 0.2) is 0 Å². The molecule has 8 nitrogen and oxygen atoms in total. The first-order valence-electron chi connectivity index (χ1n) is 10.1. The first kappa shape index (κ1) is 22.9. The van der Waals surface area contributed by atoms with Crippen molar-refractivity contribution in [2.75, 3.05) is 19.5 Å². The molecule has 170 valence electrons. The molecule has 4 aromatic rings. The lowest BCUT2D eigenvalue weighted by Gasteiger charge is -2.11. The zero-order valence-electron chi connectivity index (χ0n) is 17.8. The average Bonchev–Trinajstić information content (AvgIpc) is 3.16. The molecule has 0 unspecified atom stereocenters. The maximum absolute atomic E-state index is 12.0. The summed E-state index contributed by atoms with van der Waals surface area (Å²) < 4.78 is 37.0. The lowest BCUT2D eigenvalue weighted by atomic mass is 10.1. The van der Waals surface area contributed by atoms with E-state index in [0.29, 0.717) is 52.3 Å². The van der Waals surface area contributed by atoms with E-state index in [1.54, 1.807) is 24.4 Å². The number of rotatable bonds is 9. The fraction of sp³-hybridized carbons (Fsp3) is 0.174. The van der Waals surface area contributed by atoms with E-state index in [4.69, 9.17) is 9.47 Å². The minimum atomic E-state index is -3.56. The van der Waals surface area contributed by atoms with Gasteiger partial charge in [-0.1, -0.05) is 30.9 Å². The molecule has 3 heterocycles. The highest BCUT2D eigenvalue weighted by atomic mass is 79.9. The smallest absolute Gasteiger partial charge is 0.251 e. The average molecular weight is 529 g/mol. The van der Waals surface area contributed by atoms with Gasteiger partial charge in [0.05, 0.1) is 36.9 Å². The van der Waals surface area contributed by atoms with Gasteiger partial charge in [0.2, 0.25) is 5.88 Å². The summed E-state index contributed by atoms with van der Waals surface area (Å²) in [7, 11) is -3.56. The van der Waals surface area contributed by atoms with Crippen molar-refractivity contribution < 1.29 is 17.9 Å². The minimum absolute atomic E-state index is 0.386. The highest BCUT2D eigenvalue weighted by Gasteiger charge is 2.18. The summed E-state index contributed by atoms with van der Waals surface area (Å²) in [5, 5.41) is 4.68. The van der Waals surface area contributed by atoms with Crippen LogP contribution in [0.15, 0.2) is 66.0 Å². The Balaban J connectivity index is 1.48. The molecule has 0 atom stereocenters. The molecular weight excluding hydrogens is 508 g/mol. The van der Waals surface area contributed by atoms with Crippen LogP contribution in [0.3, 0.4) is 0 Å². The summed E-state index contributed by atoms with van der Waals surface area (Å²) in [6.45, 7) is 4.68. The Hall–Kier alpha value is -3.24. The topological polar surface area (TPSA) is 96.2 Å². The second kappa shape index (κ2) is 9.72. The van der Waals surface area contributed by atoms with Crippen molar-refractivity contribution in [3.63, 3.8) is 0 Å². The molecule has 33 heavy (non-hydrogen) atoms. The van der Waals surface area contributed by atoms with Crippen molar-refractivity contribution in [2.45, 2.75) is 6.42 Å². The first-order valence-corrected chi connectivity index (χ1v) is 12.7. The van der Waals surface area contributed by atoms with Crippen molar-refractivity contribution in [3.05, 3.63) is 71.6 Å². The third-order valence-electron chi connectivity index (χ3n) is 4.78. The number of nitrogens with zero attached hydrogens (tertiary/aromatic N) is 4. The Labute approximate surface area is 200 Å². The van der Waals surface area contributed by atoms with Crippen molar-refractivity contribution >= 4 is 42.9 Å². The van der Waals surface area contributed by atoms with Crippen LogP contribution in [0.5, 0.6) is 11.6 Å². The number of hydrogen-bond donors (Lipinski definition) is 0. The predicted molar refractivity (Wildman–Crippen MR) is 131 cm³/mol. The molecule has 0 aliphatic carbocycles. The number of benzene rings is 1. The van der Waals surface area contributed by atoms with E-state index in [-0.39, 0.29) is 0 Å². The summed E-state index contributed by atoms with van der Waals surface area (Å²) in [6, 6.07) is 13.1. The number of pyridine rings is 2. The highest BCUT2D eigenvalue weighted by molar-refractivity contribution is 9.10. The van der Waals surface area contributed by atoms with E-state index in [9.17, 15) is 8.42 Å². The Bertz CT molecular complexity index is 1420. The first-order chi connectivity index (χ1) is 15.9. The van der Waals surface area contributed by atoms with Crippen LogP contribution >= 0.6 is 15.9 Å². The van der Waals surface area contributed by atoms with Gasteiger partial charge in [0.1, 0.15) is 15.9 Å². The van der Waals surface area contributed by atoms with Crippen molar-refractivity contribution in [2.24, 2.45) is 0 Å². The van der Waals surface area contributed by atoms with Crippen molar-refractivity contribution in [1.29, 1.82) is 0 Å². The fourth-order valence-electron chi connectivity index (χ4n) is 3.24. The molecule has 0 aliphatic heterocycles. The maximum Gasteiger partial charge on any atom is 0.251 e. The van der Waals surface area contributed by atoms with Gasteiger partial charge in [0.25, 0.3) is 10.0 Å². The number of fused-ring (bicyclic) bond motifs is 1. The normalized spacial score (nSPS) is 11.5. The van der Waals surface area contributed by atoms with Crippen LogP contribution < -0.4 is 9.47 Å². The molecule has 0 saturated heterocycles. The SMILES string of the molecule is C=Cc1ccccc1OCCCOc1ncccc1-c1cc2c(Br)nn(S(C)(=O)=O)c2cn1. The lowest BCUT2D eigenvalue weighted by molar-refractivity contribution is 0.242. The largest absolute Gasteiger partial charge is 0.493 e. The van der Waals surface area contributed by atoms with E-state index >= 15 is 0 Å². The Morgan fingerprint density at radius 2 is 1.91 bits per heavy atom. The number of ether oxygens (including phenoxy) is 2. The van der Waals surface area contributed by atoms with Crippen LogP contribution in [0.25, 0.3) is 28.2 Å². The van der Waals surface area contributed by atoms with Gasteiger partial charge in [-0.3, -0.25) is 4.98 Å². The third-order valence-corrected chi connectivity index (χ3v) is 6.27. The van der Waals surface area contributed by atoms with E-state index < -0.39 is 10.0 Å². The number of hydrogen-bond acceptors (Lipinski definition) is 7. The highest BCUT2D eigenvalue weighted by Crippen LogP contribution is 2.31. The monoisotopic (exact) mass is 528 g/mol. The van der Waals surface area contributed by atoms with E-state index in [1.807, 2.05) is 30.3 Å². The van der Waals surface area contributed by atoms with Gasteiger partial charge in [-0.15, -0.1) is 5.10 Å². The second-order valence-corrected chi connectivity index (χ2v) is 9.70. The Morgan fingerprint density at radius 3 is 2.70 bits per heavy atom. The quantitative estimate of drug-likeness (QED) is 0.294. The summed E-state index contributed by atoms with van der Waals surface area (Å²) in [6.07, 6.45) is 6.62. The molecule has 0 spiro atoms. The number of para-hydroxylation sites is 1. The summed E-state index contributed by atoms with van der Waals surface area (Å²) in [4.78, 5) is 8.77. The molecule has 10 heteroatoms. The lowest BCUT2D eigenvalue weighted by Crippen LogP contribution is -2.11. The van der Waals surface area contributed by atoms with E-state index in [2.05, 4.69) is 37.6 Å². The molecule has 0 bridgehead atoms. The van der Waals surface area contributed by atoms with Crippen LogP contribution in [0.4, 0.5) is 0 Å². The molecule has 3 aromatic heterocycles. The van der Waals surface area contributed by atoms with Crippen LogP contribution in [-0.4, -0.2) is 47.0 Å². The Kier molecular flexibility index (Phi) is 6.75. The molecule has 0 aliphatic rings. The second-order valence-electron chi connectivity index (χ2n) is 7.13. The fourth-order valence-corrected chi connectivity index (χ4v) is 4.56. The number of halogens is 1. The predicted octanol–water partition coefficient (Wildman–Crippen LogP) is 4.55. The molecule has 0 N–H and O–H groups in total. The molecule has 0 radical (unpaired) electrons. The van der Waals surface area contributed by atoms with Gasteiger partial charge in [-0.2, -0.15) is 4.09 Å².